The van der Waals surface area contributed by atoms with Crippen LogP contribution in [0.5, 0.6) is 0 Å². The van der Waals surface area contributed by atoms with E-state index in [0.29, 0.717) is 44.6 Å². The van der Waals surface area contributed by atoms with E-state index in [9.17, 15) is 14.4 Å². The second-order valence-corrected chi connectivity index (χ2v) is 10.1. The number of rotatable bonds is 8. The molecule has 200 valence electrons. The third-order valence-corrected chi connectivity index (χ3v) is 7.30. The number of carbonyl (C=O) groups is 3. The second-order valence-electron chi connectivity index (χ2n) is 10.1. The maximum Gasteiger partial charge on any atom is 0.289 e. The van der Waals surface area contributed by atoms with Gasteiger partial charge < -0.3 is 24.4 Å². The van der Waals surface area contributed by atoms with Crippen molar-refractivity contribution < 1.29 is 18.8 Å². The van der Waals surface area contributed by atoms with Crippen molar-refractivity contribution in [2.45, 2.75) is 38.3 Å². The topological polar surface area (TPSA) is 117 Å². The van der Waals surface area contributed by atoms with Crippen LogP contribution in [-0.2, 0) is 16.1 Å². The summed E-state index contributed by atoms with van der Waals surface area (Å²) in [5, 5.41) is 12.0. The van der Waals surface area contributed by atoms with E-state index in [1.54, 1.807) is 42.1 Å². The number of nitrogens with zero attached hydrogens (tertiary/aromatic N) is 6. The molecule has 1 N–H and O–H groups in total. The molecule has 3 aromatic rings. The van der Waals surface area contributed by atoms with Crippen LogP contribution in [0.2, 0.25) is 0 Å². The van der Waals surface area contributed by atoms with Gasteiger partial charge in [-0.2, -0.15) is 0 Å². The predicted molar refractivity (Wildman–Crippen MR) is 142 cm³/mol. The fraction of sp³-hybridized carbons (Fsp3) is 0.444. The van der Waals surface area contributed by atoms with Crippen molar-refractivity contribution in [3.63, 3.8) is 0 Å². The summed E-state index contributed by atoms with van der Waals surface area (Å²) in [6.07, 6.45) is 7.98. The van der Waals surface area contributed by atoms with E-state index >= 15 is 0 Å². The molecule has 0 unspecified atom stereocenters. The van der Waals surface area contributed by atoms with Gasteiger partial charge in [0.1, 0.15) is 0 Å². The second kappa shape index (κ2) is 10.7. The number of carbonyl (C=O) groups excluding carboxylic acids is 3. The Balaban J connectivity index is 1.39. The quantitative estimate of drug-likeness (QED) is 0.486. The van der Waals surface area contributed by atoms with Crippen molar-refractivity contribution in [1.29, 1.82) is 0 Å². The van der Waals surface area contributed by atoms with E-state index in [1.165, 1.54) is 4.90 Å². The zero-order valence-electron chi connectivity index (χ0n) is 22.0. The average molecular weight is 520 g/mol. The maximum atomic E-state index is 12.9. The number of likely N-dealkylation sites (tertiary alicyclic amines) is 1. The van der Waals surface area contributed by atoms with Crippen molar-refractivity contribution in [2.75, 3.05) is 46.1 Å². The molecule has 0 saturated carbocycles. The van der Waals surface area contributed by atoms with Gasteiger partial charge in [-0.3, -0.25) is 19.1 Å². The molecule has 1 saturated heterocycles. The number of furan rings is 1. The van der Waals surface area contributed by atoms with E-state index in [0.717, 1.165) is 35.1 Å². The van der Waals surface area contributed by atoms with Crippen LogP contribution in [-0.4, -0.2) is 94.2 Å². The number of likely N-dealkylation sites (N-methyl/N-ethyl adjacent to an activating group) is 1. The molecular weight excluding hydrogens is 486 g/mol. The highest BCUT2D eigenvalue weighted by molar-refractivity contribution is 6.00. The number of hydrogen-bond donors (Lipinski definition) is 1. The number of amides is 3. The average Bonchev–Trinajstić information content (AvgIpc) is 3.67. The summed E-state index contributed by atoms with van der Waals surface area (Å²) < 4.78 is 7.68. The third kappa shape index (κ3) is 5.27. The fourth-order valence-electron chi connectivity index (χ4n) is 5.01. The Morgan fingerprint density at radius 3 is 2.79 bits per heavy atom. The van der Waals surface area contributed by atoms with Gasteiger partial charge in [-0.25, -0.2) is 0 Å². The normalized spacial score (nSPS) is 17.7. The van der Waals surface area contributed by atoms with Gasteiger partial charge in [0, 0.05) is 71.2 Å². The van der Waals surface area contributed by atoms with Gasteiger partial charge >= 0.3 is 0 Å². The highest BCUT2D eigenvalue weighted by Gasteiger charge is 2.28. The zero-order valence-corrected chi connectivity index (χ0v) is 22.0. The first-order chi connectivity index (χ1) is 18.3. The number of fused-ring (bicyclic) bond motifs is 1. The van der Waals surface area contributed by atoms with Crippen molar-refractivity contribution in [1.82, 2.24) is 29.7 Å². The van der Waals surface area contributed by atoms with Crippen molar-refractivity contribution in [3.05, 3.63) is 48.0 Å². The lowest BCUT2D eigenvalue weighted by atomic mass is 9.98. The molecule has 0 radical (unpaired) electrons. The van der Waals surface area contributed by atoms with Gasteiger partial charge in [0.2, 0.25) is 11.8 Å². The number of aryl methyl sites for hydroxylation is 1. The summed E-state index contributed by atoms with van der Waals surface area (Å²) >= 11 is 0. The highest BCUT2D eigenvalue weighted by Crippen LogP contribution is 2.33. The minimum Gasteiger partial charge on any atom is -0.449 e. The number of anilines is 1. The Kier molecular flexibility index (Phi) is 7.17. The molecule has 0 spiro atoms. The molecule has 11 heteroatoms. The molecule has 1 fully saturated rings. The first kappa shape index (κ1) is 25.5. The van der Waals surface area contributed by atoms with Gasteiger partial charge in [-0.05, 0) is 42.2 Å². The lowest BCUT2D eigenvalue weighted by Crippen LogP contribution is -2.36. The molecule has 1 aromatic carbocycles. The molecule has 11 nitrogen and oxygen atoms in total. The number of nitrogens with one attached hydrogen (secondary N) is 1. The summed E-state index contributed by atoms with van der Waals surface area (Å²) in [6.45, 7) is 2.24. The predicted octanol–water partition coefficient (Wildman–Crippen LogP) is 2.46. The van der Waals surface area contributed by atoms with Gasteiger partial charge in [0.05, 0.1) is 18.4 Å². The minimum atomic E-state index is -0.212. The fourth-order valence-corrected chi connectivity index (χ4v) is 5.01. The van der Waals surface area contributed by atoms with Crippen LogP contribution in [0, 0.1) is 0 Å². The first-order valence-corrected chi connectivity index (χ1v) is 12.9. The van der Waals surface area contributed by atoms with Crippen LogP contribution in [0.1, 0.15) is 41.8 Å². The molecule has 2 aliphatic heterocycles. The maximum absolute atomic E-state index is 12.9. The molecule has 4 heterocycles. The molecule has 5 rings (SSSR count). The zero-order chi connectivity index (χ0) is 26.8. The Morgan fingerprint density at radius 2 is 2.08 bits per heavy atom. The molecule has 3 amide bonds. The lowest BCUT2D eigenvalue weighted by molar-refractivity contribution is -0.131. The first-order valence-electron chi connectivity index (χ1n) is 12.9. The van der Waals surface area contributed by atoms with Crippen LogP contribution >= 0.6 is 0 Å². The lowest BCUT2D eigenvalue weighted by Gasteiger charge is -2.28. The van der Waals surface area contributed by atoms with Gasteiger partial charge in [-0.15, -0.1) is 5.10 Å². The molecule has 1 atom stereocenters. The molecule has 2 aliphatic rings. The summed E-state index contributed by atoms with van der Waals surface area (Å²) in [7, 11) is 5.21. The van der Waals surface area contributed by atoms with Crippen LogP contribution in [0.15, 0.2) is 41.1 Å². The van der Waals surface area contributed by atoms with E-state index in [4.69, 9.17) is 4.42 Å². The highest BCUT2D eigenvalue weighted by atomic mass is 16.3. The molecule has 38 heavy (non-hydrogen) atoms. The van der Waals surface area contributed by atoms with E-state index < -0.39 is 0 Å². The summed E-state index contributed by atoms with van der Waals surface area (Å²) in [5.74, 6) is 0.270. The van der Waals surface area contributed by atoms with Gasteiger partial charge in [0.25, 0.3) is 5.91 Å². The molecule has 0 bridgehead atoms. The minimum absolute atomic E-state index is 0.0710. The number of aromatic nitrogens is 3. The SMILES string of the molecule is CN(C)C(=O)c1cc2cc(C3=CCCN(C(=O)CCn4ccnn4)C3)cc(NC[C@@H]3CCC(=O)N3C)c2o1. The van der Waals surface area contributed by atoms with Crippen molar-refractivity contribution >= 4 is 40.0 Å². The molecular formula is C27H33N7O4. The Morgan fingerprint density at radius 1 is 1.24 bits per heavy atom. The largest absolute Gasteiger partial charge is 0.449 e. The summed E-state index contributed by atoms with van der Waals surface area (Å²) in [4.78, 5) is 42.7. The smallest absolute Gasteiger partial charge is 0.289 e. The Labute approximate surface area is 221 Å². The van der Waals surface area contributed by atoms with Crippen molar-refractivity contribution in [3.8, 4) is 0 Å². The van der Waals surface area contributed by atoms with E-state index in [-0.39, 0.29) is 29.5 Å². The van der Waals surface area contributed by atoms with Crippen LogP contribution in [0.25, 0.3) is 16.5 Å². The number of hydrogen-bond acceptors (Lipinski definition) is 7. The van der Waals surface area contributed by atoms with E-state index in [1.807, 2.05) is 24.1 Å². The molecule has 0 aliphatic carbocycles. The third-order valence-electron chi connectivity index (χ3n) is 7.30. The van der Waals surface area contributed by atoms with Gasteiger partial charge in [-0.1, -0.05) is 11.3 Å². The monoisotopic (exact) mass is 519 g/mol. The van der Waals surface area contributed by atoms with Crippen LogP contribution in [0.3, 0.4) is 0 Å². The number of benzene rings is 1. The van der Waals surface area contributed by atoms with Gasteiger partial charge in [0.15, 0.2) is 11.3 Å². The summed E-state index contributed by atoms with van der Waals surface area (Å²) in [5.41, 5.74) is 3.38. The standard InChI is InChI=1S/C27H33N7O4/c1-31(2)27(37)23-15-20-13-19(14-22(26(20)38-23)28-16-21-6-7-24(35)32(21)3)18-5-4-10-33(17-18)25(36)8-11-34-12-9-29-30-34/h5,9,12-15,21,28H,4,6-8,10-11,16-17H2,1-3H3/t21-/m0/s1. The Bertz CT molecular complexity index is 1380. The Hall–Kier alpha value is -4.15. The van der Waals surface area contributed by atoms with Crippen LogP contribution < -0.4 is 5.32 Å². The molecule has 2 aromatic heterocycles. The van der Waals surface area contributed by atoms with Crippen LogP contribution in [0.4, 0.5) is 5.69 Å². The van der Waals surface area contributed by atoms with E-state index in [2.05, 4.69) is 21.7 Å². The van der Waals surface area contributed by atoms with Crippen molar-refractivity contribution in [2.24, 2.45) is 0 Å². The summed E-state index contributed by atoms with van der Waals surface area (Å²) in [6, 6.07) is 5.88.